The minimum Gasteiger partial charge on any atom is -0.476 e. The third-order valence-electron chi connectivity index (χ3n) is 2.25. The van der Waals surface area contributed by atoms with E-state index in [2.05, 4.69) is 59.1 Å². The quantitative estimate of drug-likeness (QED) is 0.785. The van der Waals surface area contributed by atoms with E-state index >= 15 is 0 Å². The minimum atomic E-state index is 0.352. The molecule has 1 heterocycles. The lowest BCUT2D eigenvalue weighted by atomic mass is 10.3. The van der Waals surface area contributed by atoms with E-state index in [0.717, 1.165) is 23.1 Å². The Morgan fingerprint density at radius 3 is 2.78 bits per heavy atom. The van der Waals surface area contributed by atoms with Crippen LogP contribution in [0.1, 0.15) is 20.3 Å². The molecular formula is C13H22BrN3O. The molecule has 0 spiro atoms. The van der Waals surface area contributed by atoms with Crippen LogP contribution in [-0.4, -0.2) is 43.2 Å². The van der Waals surface area contributed by atoms with Crippen LogP contribution in [-0.2, 0) is 0 Å². The van der Waals surface area contributed by atoms with Crippen LogP contribution >= 0.6 is 15.9 Å². The van der Waals surface area contributed by atoms with Crippen LogP contribution in [0.2, 0.25) is 0 Å². The van der Waals surface area contributed by atoms with E-state index in [1.165, 1.54) is 0 Å². The molecule has 0 saturated carbocycles. The topological polar surface area (TPSA) is 37.4 Å². The van der Waals surface area contributed by atoms with Gasteiger partial charge in [-0.3, -0.25) is 0 Å². The third kappa shape index (κ3) is 5.69. The van der Waals surface area contributed by atoms with Gasteiger partial charge in [0.05, 0.1) is 12.3 Å². The first kappa shape index (κ1) is 15.2. The summed E-state index contributed by atoms with van der Waals surface area (Å²) in [6.07, 6.45) is 2.75. The Balaban J connectivity index is 2.57. The van der Waals surface area contributed by atoms with Gasteiger partial charge in [-0.05, 0) is 56.4 Å². The highest BCUT2D eigenvalue weighted by atomic mass is 79.9. The second-order valence-corrected chi connectivity index (χ2v) is 5.73. The summed E-state index contributed by atoms with van der Waals surface area (Å²) in [7, 11) is 4.12. The first-order valence-electron chi connectivity index (χ1n) is 6.18. The molecule has 0 bridgehead atoms. The molecule has 0 aromatic carbocycles. The molecule has 0 saturated heterocycles. The lowest BCUT2D eigenvalue weighted by molar-refractivity contribution is 0.274. The maximum absolute atomic E-state index is 5.72. The fraction of sp³-hybridized carbons (Fsp3) is 0.615. The predicted octanol–water partition coefficient (Wildman–Crippen LogP) is 2.99. The average molecular weight is 316 g/mol. The number of pyridine rings is 1. The van der Waals surface area contributed by atoms with Crippen LogP contribution in [0.25, 0.3) is 0 Å². The molecule has 1 aromatic heterocycles. The van der Waals surface area contributed by atoms with E-state index in [9.17, 15) is 0 Å². The van der Waals surface area contributed by atoms with Crippen LogP contribution in [0.3, 0.4) is 0 Å². The molecule has 0 amide bonds. The normalized spacial score (nSPS) is 11.1. The number of hydrogen-bond donors (Lipinski definition) is 1. The maximum Gasteiger partial charge on any atom is 0.237 e. The Kier molecular flexibility index (Phi) is 6.43. The standard InChI is InChI=1S/C13H22BrN3O/c1-10(2)16-12-8-11(14)9-15-13(12)18-7-5-6-17(3)4/h8-10,16H,5-7H2,1-4H3. The molecule has 1 aromatic rings. The smallest absolute Gasteiger partial charge is 0.237 e. The number of anilines is 1. The van der Waals surface area contributed by atoms with Gasteiger partial charge in [-0.1, -0.05) is 0 Å². The third-order valence-corrected chi connectivity index (χ3v) is 2.68. The van der Waals surface area contributed by atoms with Crippen molar-refractivity contribution in [2.75, 3.05) is 32.6 Å². The van der Waals surface area contributed by atoms with Crippen LogP contribution in [0.15, 0.2) is 16.7 Å². The van der Waals surface area contributed by atoms with Crippen molar-refractivity contribution in [1.82, 2.24) is 9.88 Å². The molecule has 4 nitrogen and oxygen atoms in total. The van der Waals surface area contributed by atoms with E-state index in [1.807, 2.05) is 6.07 Å². The van der Waals surface area contributed by atoms with Gasteiger partial charge >= 0.3 is 0 Å². The number of halogens is 1. The number of aromatic nitrogens is 1. The fourth-order valence-electron chi connectivity index (χ4n) is 1.51. The number of ether oxygens (including phenoxy) is 1. The Labute approximate surface area is 118 Å². The second-order valence-electron chi connectivity index (χ2n) is 4.81. The van der Waals surface area contributed by atoms with Crippen molar-refractivity contribution in [3.63, 3.8) is 0 Å². The zero-order valence-electron chi connectivity index (χ0n) is 11.5. The molecule has 5 heteroatoms. The average Bonchev–Trinajstić information content (AvgIpc) is 2.25. The van der Waals surface area contributed by atoms with Gasteiger partial charge in [0.25, 0.3) is 0 Å². The van der Waals surface area contributed by atoms with Crippen molar-refractivity contribution in [3.8, 4) is 5.88 Å². The second kappa shape index (κ2) is 7.59. The SMILES string of the molecule is CC(C)Nc1cc(Br)cnc1OCCCN(C)C. The summed E-state index contributed by atoms with van der Waals surface area (Å²) in [6, 6.07) is 2.35. The van der Waals surface area contributed by atoms with Gasteiger partial charge in [0.15, 0.2) is 0 Å². The van der Waals surface area contributed by atoms with Crippen LogP contribution in [0.4, 0.5) is 5.69 Å². The van der Waals surface area contributed by atoms with E-state index in [-0.39, 0.29) is 0 Å². The molecule has 1 N–H and O–H groups in total. The van der Waals surface area contributed by atoms with E-state index in [0.29, 0.717) is 18.5 Å². The van der Waals surface area contributed by atoms with Gasteiger partial charge in [-0.15, -0.1) is 0 Å². The largest absolute Gasteiger partial charge is 0.476 e. The zero-order valence-corrected chi connectivity index (χ0v) is 13.1. The number of nitrogens with zero attached hydrogens (tertiary/aromatic N) is 2. The van der Waals surface area contributed by atoms with E-state index in [4.69, 9.17) is 4.74 Å². The lowest BCUT2D eigenvalue weighted by Gasteiger charge is -2.15. The highest BCUT2D eigenvalue weighted by molar-refractivity contribution is 9.10. The van der Waals surface area contributed by atoms with Crippen LogP contribution in [0.5, 0.6) is 5.88 Å². The molecule has 1 rings (SSSR count). The highest BCUT2D eigenvalue weighted by Gasteiger charge is 2.07. The molecule has 0 aliphatic heterocycles. The van der Waals surface area contributed by atoms with Gasteiger partial charge in [-0.2, -0.15) is 0 Å². The van der Waals surface area contributed by atoms with Crippen molar-refractivity contribution < 1.29 is 4.74 Å². The van der Waals surface area contributed by atoms with Gasteiger partial charge in [0.1, 0.15) is 0 Å². The number of rotatable bonds is 7. The van der Waals surface area contributed by atoms with E-state index in [1.54, 1.807) is 6.20 Å². The summed E-state index contributed by atoms with van der Waals surface area (Å²) in [5.41, 5.74) is 0.934. The monoisotopic (exact) mass is 315 g/mol. The maximum atomic E-state index is 5.72. The molecule has 0 aliphatic rings. The number of hydrogen-bond acceptors (Lipinski definition) is 4. The van der Waals surface area contributed by atoms with Gasteiger partial charge in [0.2, 0.25) is 5.88 Å². The minimum absolute atomic E-state index is 0.352. The zero-order chi connectivity index (χ0) is 13.5. The van der Waals surface area contributed by atoms with Crippen molar-refractivity contribution in [2.45, 2.75) is 26.3 Å². The van der Waals surface area contributed by atoms with Gasteiger partial charge in [-0.25, -0.2) is 4.98 Å². The summed E-state index contributed by atoms with van der Waals surface area (Å²) in [4.78, 5) is 6.45. The Morgan fingerprint density at radius 2 is 2.17 bits per heavy atom. The van der Waals surface area contributed by atoms with Crippen molar-refractivity contribution in [2.24, 2.45) is 0 Å². The van der Waals surface area contributed by atoms with Gasteiger partial charge in [0, 0.05) is 23.3 Å². The van der Waals surface area contributed by atoms with Gasteiger partial charge < -0.3 is 15.0 Å². The first-order valence-corrected chi connectivity index (χ1v) is 6.98. The molecule has 0 atom stereocenters. The molecule has 18 heavy (non-hydrogen) atoms. The van der Waals surface area contributed by atoms with Crippen molar-refractivity contribution in [3.05, 3.63) is 16.7 Å². The summed E-state index contributed by atoms with van der Waals surface area (Å²) in [6.45, 7) is 5.89. The summed E-state index contributed by atoms with van der Waals surface area (Å²) < 4.78 is 6.67. The molecular weight excluding hydrogens is 294 g/mol. The lowest BCUT2D eigenvalue weighted by Crippen LogP contribution is -2.16. The first-order chi connectivity index (χ1) is 8.49. The van der Waals surface area contributed by atoms with Crippen LogP contribution < -0.4 is 10.1 Å². The molecule has 0 fully saturated rings. The highest BCUT2D eigenvalue weighted by Crippen LogP contribution is 2.26. The number of nitrogens with one attached hydrogen (secondary N) is 1. The molecule has 0 radical (unpaired) electrons. The van der Waals surface area contributed by atoms with Crippen molar-refractivity contribution in [1.29, 1.82) is 0 Å². The molecule has 102 valence electrons. The summed E-state index contributed by atoms with van der Waals surface area (Å²) >= 11 is 3.42. The van der Waals surface area contributed by atoms with Crippen molar-refractivity contribution >= 4 is 21.6 Å². The Morgan fingerprint density at radius 1 is 1.44 bits per heavy atom. The van der Waals surface area contributed by atoms with E-state index < -0.39 is 0 Å². The fourth-order valence-corrected chi connectivity index (χ4v) is 1.84. The summed E-state index contributed by atoms with van der Waals surface area (Å²) in [5, 5.41) is 3.34. The van der Waals surface area contributed by atoms with Crippen LogP contribution in [0, 0.1) is 0 Å². The Hall–Kier alpha value is -0.810. The summed E-state index contributed by atoms with van der Waals surface area (Å²) in [5.74, 6) is 0.672. The molecule has 0 aliphatic carbocycles. The molecule has 0 unspecified atom stereocenters. The Bertz CT molecular complexity index is 369. The predicted molar refractivity (Wildman–Crippen MR) is 79.4 cm³/mol.